The molecular formula is C28H44N2O5. The molecule has 8 unspecified atom stereocenters. The quantitative estimate of drug-likeness (QED) is 0.451. The van der Waals surface area contributed by atoms with Gasteiger partial charge in [-0.15, -0.1) is 0 Å². The molecule has 4 aliphatic rings. The summed E-state index contributed by atoms with van der Waals surface area (Å²) in [4.78, 5) is 29.0. The summed E-state index contributed by atoms with van der Waals surface area (Å²) in [7, 11) is 0. The molecule has 7 nitrogen and oxygen atoms in total. The summed E-state index contributed by atoms with van der Waals surface area (Å²) in [5.41, 5.74) is 1.97. The van der Waals surface area contributed by atoms with E-state index in [0.29, 0.717) is 24.2 Å². The van der Waals surface area contributed by atoms with Crippen LogP contribution in [0.25, 0.3) is 0 Å². The van der Waals surface area contributed by atoms with Crippen molar-refractivity contribution < 1.29 is 24.6 Å². The minimum Gasteiger partial charge on any atom is -0.480 e. The number of carbonyl (C=O) groups excluding carboxylic acids is 1. The highest BCUT2D eigenvalue weighted by Gasteiger charge is 2.62. The number of carbonyl (C=O) groups is 2. The Bertz CT molecular complexity index is 911. The Labute approximate surface area is 209 Å². The van der Waals surface area contributed by atoms with Crippen LogP contribution >= 0.6 is 0 Å². The molecule has 4 rings (SSSR count). The van der Waals surface area contributed by atoms with E-state index < -0.39 is 23.5 Å². The number of nitrogens with zero attached hydrogens (tertiary/aromatic N) is 1. The molecule has 0 heterocycles. The number of amides is 1. The lowest BCUT2D eigenvalue weighted by Gasteiger charge is -2.59. The number of aliphatic hydroxyl groups is 1. The van der Waals surface area contributed by atoms with Gasteiger partial charge in [0.25, 0.3) is 5.91 Å². The topological polar surface area (TPSA) is 108 Å². The molecule has 4 aliphatic carbocycles. The molecule has 3 saturated carbocycles. The number of hydrogen-bond donors (Lipinski definition) is 3. The molecule has 35 heavy (non-hydrogen) atoms. The van der Waals surface area contributed by atoms with Crippen LogP contribution in [0.5, 0.6) is 0 Å². The number of nitrogens with one attached hydrogen (secondary N) is 1. The van der Waals surface area contributed by atoms with Gasteiger partial charge in [-0.05, 0) is 98.9 Å². The van der Waals surface area contributed by atoms with Crippen LogP contribution in [0.2, 0.25) is 0 Å². The number of oxime groups is 1. The normalized spacial score (nSPS) is 41.1. The summed E-state index contributed by atoms with van der Waals surface area (Å²) >= 11 is 0. The number of rotatable bonds is 7. The molecule has 0 aliphatic heterocycles. The summed E-state index contributed by atoms with van der Waals surface area (Å²) in [5.74, 6) is 0.277. The summed E-state index contributed by atoms with van der Waals surface area (Å²) < 4.78 is 0. The minimum atomic E-state index is -1.03. The number of carboxylic acids is 1. The van der Waals surface area contributed by atoms with Gasteiger partial charge in [-0.3, -0.25) is 4.79 Å². The van der Waals surface area contributed by atoms with E-state index in [9.17, 15) is 19.8 Å². The van der Waals surface area contributed by atoms with Crippen LogP contribution in [-0.4, -0.2) is 46.1 Å². The van der Waals surface area contributed by atoms with Gasteiger partial charge < -0.3 is 20.4 Å². The van der Waals surface area contributed by atoms with Gasteiger partial charge in [0.15, 0.2) is 6.61 Å². The summed E-state index contributed by atoms with van der Waals surface area (Å²) in [6.07, 6.45) is 11.3. The highest BCUT2D eigenvalue weighted by atomic mass is 16.6. The molecule has 3 N–H and O–H groups in total. The monoisotopic (exact) mass is 488 g/mol. The van der Waals surface area contributed by atoms with E-state index in [0.717, 1.165) is 44.2 Å². The van der Waals surface area contributed by atoms with Gasteiger partial charge in [-0.25, -0.2) is 4.79 Å². The third-order valence-corrected chi connectivity index (χ3v) is 10.7. The number of allylic oxidation sites excluding steroid dienone is 2. The number of aliphatic carboxylic acids is 1. The van der Waals surface area contributed by atoms with Gasteiger partial charge in [0.05, 0.1) is 11.3 Å². The second-order valence-corrected chi connectivity index (χ2v) is 12.4. The average molecular weight is 489 g/mol. The zero-order valence-corrected chi connectivity index (χ0v) is 22.1. The number of carboxylic acid groups (broad SMARTS) is 1. The van der Waals surface area contributed by atoms with Crippen LogP contribution in [-0.2, 0) is 14.4 Å². The second kappa shape index (κ2) is 9.53. The fourth-order valence-electron chi connectivity index (χ4n) is 7.96. The maximum Gasteiger partial charge on any atom is 0.326 e. The van der Waals surface area contributed by atoms with Crippen molar-refractivity contribution in [2.75, 3.05) is 6.61 Å². The number of fused-ring (bicyclic) bond motifs is 5. The average Bonchev–Trinajstić information content (AvgIpc) is 3.05. The van der Waals surface area contributed by atoms with Gasteiger partial charge in [-0.1, -0.05) is 44.8 Å². The van der Waals surface area contributed by atoms with Crippen molar-refractivity contribution >= 4 is 17.6 Å². The molecule has 0 aromatic carbocycles. The van der Waals surface area contributed by atoms with Gasteiger partial charge in [0.1, 0.15) is 6.04 Å². The van der Waals surface area contributed by atoms with Crippen LogP contribution in [0.3, 0.4) is 0 Å². The third-order valence-electron chi connectivity index (χ3n) is 10.7. The highest BCUT2D eigenvalue weighted by molar-refractivity contribution is 5.96. The molecule has 1 amide bonds. The first kappa shape index (κ1) is 26.2. The van der Waals surface area contributed by atoms with E-state index in [1.54, 1.807) is 0 Å². The summed E-state index contributed by atoms with van der Waals surface area (Å²) in [6, 6.07) is -0.919. The number of hydrogen-bond acceptors (Lipinski definition) is 5. The largest absolute Gasteiger partial charge is 0.480 e. The predicted molar refractivity (Wildman–Crippen MR) is 135 cm³/mol. The van der Waals surface area contributed by atoms with Crippen molar-refractivity contribution in [1.82, 2.24) is 5.32 Å². The first-order valence-corrected chi connectivity index (χ1v) is 13.6. The van der Waals surface area contributed by atoms with E-state index in [4.69, 9.17) is 4.84 Å². The van der Waals surface area contributed by atoms with Crippen LogP contribution in [0.4, 0.5) is 0 Å². The minimum absolute atomic E-state index is 0.0377. The molecule has 0 saturated heterocycles. The standard InChI is InChI=1S/C28H44N2O5/c1-6-17(2)24(25(32)33)29-23(31)16-35-30-19-9-12-26(3)18(15-19)7-8-20-21(26)10-13-27(4)22(20)11-14-28(27,5)34/h15,17,20-22,24,34H,6-14,16H2,1-5H3,(H,29,31)(H,32,33). The first-order chi connectivity index (χ1) is 16.4. The zero-order chi connectivity index (χ0) is 25.6. The van der Waals surface area contributed by atoms with Crippen LogP contribution < -0.4 is 5.32 Å². The van der Waals surface area contributed by atoms with Crippen molar-refractivity contribution in [2.24, 2.45) is 39.7 Å². The zero-order valence-electron chi connectivity index (χ0n) is 22.1. The van der Waals surface area contributed by atoms with Gasteiger partial charge in [-0.2, -0.15) is 0 Å². The Balaban J connectivity index is 1.39. The Hall–Kier alpha value is -1.89. The van der Waals surface area contributed by atoms with E-state index in [2.05, 4.69) is 37.3 Å². The smallest absolute Gasteiger partial charge is 0.326 e. The fourth-order valence-corrected chi connectivity index (χ4v) is 7.96. The molecule has 0 aromatic heterocycles. The van der Waals surface area contributed by atoms with Crippen molar-refractivity contribution in [3.63, 3.8) is 0 Å². The Morgan fingerprint density at radius 1 is 1.14 bits per heavy atom. The maximum atomic E-state index is 12.2. The molecule has 3 fully saturated rings. The third kappa shape index (κ3) is 4.54. The molecule has 8 atom stereocenters. The van der Waals surface area contributed by atoms with Gasteiger partial charge >= 0.3 is 5.97 Å². The maximum absolute atomic E-state index is 12.2. The first-order valence-electron chi connectivity index (χ1n) is 13.6. The van der Waals surface area contributed by atoms with Gasteiger partial charge in [0.2, 0.25) is 0 Å². The Kier molecular flexibility index (Phi) is 7.13. The molecule has 0 spiro atoms. The lowest BCUT2D eigenvalue weighted by Crippen LogP contribution is -2.53. The Morgan fingerprint density at radius 2 is 1.86 bits per heavy atom. The SMILES string of the molecule is CCC(C)C(NC(=O)CON=C1C=C2CCC3C(CCC4(C)C3CCC4(C)O)C2(C)CC1)C(=O)O. The molecule has 0 radical (unpaired) electrons. The highest BCUT2D eigenvalue weighted by Crippen LogP contribution is 2.67. The molecule has 0 aromatic rings. The fraction of sp³-hybridized carbons (Fsp3) is 0.821. The van der Waals surface area contributed by atoms with Gasteiger partial charge in [0, 0.05) is 0 Å². The molecule has 0 bridgehead atoms. The van der Waals surface area contributed by atoms with Crippen molar-refractivity contribution in [3.8, 4) is 0 Å². The van der Waals surface area contributed by atoms with E-state index >= 15 is 0 Å². The van der Waals surface area contributed by atoms with E-state index in [1.165, 1.54) is 18.4 Å². The van der Waals surface area contributed by atoms with Crippen molar-refractivity contribution in [2.45, 2.75) is 104 Å². The summed E-state index contributed by atoms with van der Waals surface area (Å²) in [6.45, 7) is 10.2. The van der Waals surface area contributed by atoms with Crippen LogP contribution in [0.15, 0.2) is 16.8 Å². The predicted octanol–water partition coefficient (Wildman–Crippen LogP) is 4.69. The summed E-state index contributed by atoms with van der Waals surface area (Å²) in [5, 5.41) is 27.3. The van der Waals surface area contributed by atoms with Crippen molar-refractivity contribution in [1.29, 1.82) is 0 Å². The van der Waals surface area contributed by atoms with Crippen LogP contribution in [0.1, 0.15) is 92.4 Å². The van der Waals surface area contributed by atoms with Crippen molar-refractivity contribution in [3.05, 3.63) is 11.6 Å². The molecule has 196 valence electrons. The second-order valence-electron chi connectivity index (χ2n) is 12.4. The van der Waals surface area contributed by atoms with E-state index in [-0.39, 0.29) is 23.4 Å². The Morgan fingerprint density at radius 3 is 2.54 bits per heavy atom. The molecule has 7 heteroatoms. The van der Waals surface area contributed by atoms with E-state index in [1.807, 2.05) is 13.8 Å². The lowest BCUT2D eigenvalue weighted by molar-refractivity contribution is -0.144. The molecular weight excluding hydrogens is 444 g/mol. The lowest BCUT2D eigenvalue weighted by atomic mass is 9.46. The van der Waals surface area contributed by atoms with Crippen LogP contribution in [0, 0.1) is 34.5 Å².